The number of nitrogens with two attached hydrogens (primary N) is 2. The van der Waals surface area contributed by atoms with Crippen LogP contribution >= 0.6 is 0 Å². The van der Waals surface area contributed by atoms with Crippen molar-refractivity contribution in [2.45, 2.75) is 32.7 Å². The summed E-state index contributed by atoms with van der Waals surface area (Å²) in [5, 5.41) is 0. The third kappa shape index (κ3) is 3.03. The summed E-state index contributed by atoms with van der Waals surface area (Å²) in [6.45, 7) is 3.63. The van der Waals surface area contributed by atoms with Gasteiger partial charge in [0.1, 0.15) is 5.82 Å². The Bertz CT molecular complexity index is 381. The van der Waals surface area contributed by atoms with E-state index in [1.807, 2.05) is 13.8 Å². The molecule has 0 aromatic heterocycles. The summed E-state index contributed by atoms with van der Waals surface area (Å²) in [6, 6.07) is 2.63. The molecule has 0 radical (unpaired) electrons. The van der Waals surface area contributed by atoms with Gasteiger partial charge in [-0.25, -0.2) is 4.39 Å². The predicted molar refractivity (Wildman–Crippen MR) is 61.2 cm³/mol. The van der Waals surface area contributed by atoms with Crippen molar-refractivity contribution in [3.63, 3.8) is 0 Å². The molecule has 4 N–H and O–H groups in total. The molecule has 0 heterocycles. The molecule has 1 rings (SSSR count). The number of carbonyl (C=O) groups excluding carboxylic acids is 1. The SMILES string of the molecule is Cc1cc(F)cc(C)c1C(N)CCC(N)=O. The van der Waals surface area contributed by atoms with E-state index in [0.29, 0.717) is 6.42 Å². The molecule has 3 nitrogen and oxygen atoms in total. The number of rotatable bonds is 4. The fourth-order valence-corrected chi connectivity index (χ4v) is 1.95. The van der Waals surface area contributed by atoms with E-state index in [1.165, 1.54) is 12.1 Å². The van der Waals surface area contributed by atoms with Gasteiger partial charge in [0.05, 0.1) is 0 Å². The van der Waals surface area contributed by atoms with Gasteiger partial charge >= 0.3 is 0 Å². The van der Waals surface area contributed by atoms with Crippen molar-refractivity contribution in [3.8, 4) is 0 Å². The molecule has 1 unspecified atom stereocenters. The molecule has 4 heteroatoms. The lowest BCUT2D eigenvalue weighted by molar-refractivity contribution is -0.118. The molecular weight excluding hydrogens is 207 g/mol. The molecule has 1 aromatic carbocycles. The zero-order chi connectivity index (χ0) is 12.3. The van der Waals surface area contributed by atoms with Crippen LogP contribution in [-0.2, 0) is 4.79 Å². The van der Waals surface area contributed by atoms with E-state index in [1.54, 1.807) is 0 Å². The molecule has 1 atom stereocenters. The van der Waals surface area contributed by atoms with Crippen molar-refractivity contribution in [1.29, 1.82) is 0 Å². The lowest BCUT2D eigenvalue weighted by atomic mass is 9.93. The molecule has 0 spiro atoms. The van der Waals surface area contributed by atoms with Gasteiger partial charge < -0.3 is 11.5 Å². The third-order valence-electron chi connectivity index (χ3n) is 2.63. The maximum absolute atomic E-state index is 13.1. The van der Waals surface area contributed by atoms with E-state index in [9.17, 15) is 9.18 Å². The summed E-state index contributed by atoms with van der Waals surface area (Å²) in [7, 11) is 0. The van der Waals surface area contributed by atoms with Crippen molar-refractivity contribution in [2.75, 3.05) is 0 Å². The molecule has 1 amide bonds. The molecule has 1 aromatic rings. The van der Waals surface area contributed by atoms with Crippen LogP contribution in [0, 0.1) is 19.7 Å². The van der Waals surface area contributed by atoms with Gasteiger partial charge in [0.15, 0.2) is 0 Å². The highest BCUT2D eigenvalue weighted by Crippen LogP contribution is 2.24. The highest BCUT2D eigenvalue weighted by molar-refractivity contribution is 5.73. The summed E-state index contributed by atoms with van der Waals surface area (Å²) in [6.07, 6.45) is 0.736. The minimum absolute atomic E-state index is 0.247. The van der Waals surface area contributed by atoms with Gasteiger partial charge in [0.25, 0.3) is 0 Å². The lowest BCUT2D eigenvalue weighted by Gasteiger charge is -2.17. The predicted octanol–water partition coefficient (Wildman–Crippen LogP) is 1.71. The quantitative estimate of drug-likeness (QED) is 0.817. The normalized spacial score (nSPS) is 12.5. The van der Waals surface area contributed by atoms with Gasteiger partial charge in [-0.3, -0.25) is 4.79 Å². The fourth-order valence-electron chi connectivity index (χ4n) is 1.95. The Morgan fingerprint density at radius 3 is 2.31 bits per heavy atom. The first-order valence-corrected chi connectivity index (χ1v) is 5.22. The molecule has 0 saturated heterocycles. The highest BCUT2D eigenvalue weighted by Gasteiger charge is 2.13. The zero-order valence-electron chi connectivity index (χ0n) is 9.59. The number of carbonyl (C=O) groups is 1. The first kappa shape index (κ1) is 12.6. The van der Waals surface area contributed by atoms with Crippen LogP contribution in [0.15, 0.2) is 12.1 Å². The second-order valence-corrected chi connectivity index (χ2v) is 4.06. The average molecular weight is 224 g/mol. The van der Waals surface area contributed by atoms with Crippen molar-refractivity contribution in [2.24, 2.45) is 11.5 Å². The molecule has 0 saturated carbocycles. The summed E-state index contributed by atoms with van der Waals surface area (Å²) in [5.74, 6) is -0.631. The fraction of sp³-hybridized carbons (Fsp3) is 0.417. The van der Waals surface area contributed by atoms with Crippen molar-refractivity contribution < 1.29 is 9.18 Å². The highest BCUT2D eigenvalue weighted by atomic mass is 19.1. The molecule has 88 valence electrons. The number of benzene rings is 1. The van der Waals surface area contributed by atoms with Crippen LogP contribution in [0.2, 0.25) is 0 Å². The molecule has 0 aliphatic rings. The Hall–Kier alpha value is -1.42. The number of aryl methyl sites for hydroxylation is 2. The zero-order valence-corrected chi connectivity index (χ0v) is 9.59. The molecule has 16 heavy (non-hydrogen) atoms. The second-order valence-electron chi connectivity index (χ2n) is 4.06. The van der Waals surface area contributed by atoms with Gasteiger partial charge in [0, 0.05) is 12.5 Å². The lowest BCUT2D eigenvalue weighted by Crippen LogP contribution is -2.18. The average Bonchev–Trinajstić information content (AvgIpc) is 2.12. The van der Waals surface area contributed by atoms with Crippen LogP contribution < -0.4 is 11.5 Å². The summed E-state index contributed by atoms with van der Waals surface area (Å²) in [4.78, 5) is 10.7. The van der Waals surface area contributed by atoms with E-state index < -0.39 is 0 Å². The van der Waals surface area contributed by atoms with Crippen molar-refractivity contribution >= 4 is 5.91 Å². The Balaban J connectivity index is 2.90. The van der Waals surface area contributed by atoms with Gasteiger partial charge in [-0.05, 0) is 49.1 Å². The van der Waals surface area contributed by atoms with Gasteiger partial charge in [-0.15, -0.1) is 0 Å². The van der Waals surface area contributed by atoms with Crippen molar-refractivity contribution in [1.82, 2.24) is 0 Å². The summed E-state index contributed by atoms with van der Waals surface area (Å²) >= 11 is 0. The molecule has 0 aliphatic carbocycles. The number of halogens is 1. The molecular formula is C12H17FN2O. The summed E-state index contributed by atoms with van der Waals surface area (Å²) in [5.41, 5.74) is 13.6. The van der Waals surface area contributed by atoms with Crippen LogP contribution in [-0.4, -0.2) is 5.91 Å². The van der Waals surface area contributed by atoms with Gasteiger partial charge in [-0.2, -0.15) is 0 Å². The van der Waals surface area contributed by atoms with E-state index in [4.69, 9.17) is 11.5 Å². The number of primary amides is 1. The second kappa shape index (κ2) is 5.07. The minimum atomic E-state index is -0.368. The van der Waals surface area contributed by atoms with Gasteiger partial charge in [-0.1, -0.05) is 0 Å². The first-order valence-electron chi connectivity index (χ1n) is 5.22. The van der Waals surface area contributed by atoms with E-state index >= 15 is 0 Å². The Labute approximate surface area is 94.6 Å². The Morgan fingerprint density at radius 2 is 1.88 bits per heavy atom. The molecule has 0 aliphatic heterocycles. The third-order valence-corrected chi connectivity index (χ3v) is 2.63. The number of hydrogen-bond donors (Lipinski definition) is 2. The largest absolute Gasteiger partial charge is 0.370 e. The Morgan fingerprint density at radius 1 is 1.38 bits per heavy atom. The van der Waals surface area contributed by atoms with Gasteiger partial charge in [0.2, 0.25) is 5.91 Å². The van der Waals surface area contributed by atoms with Crippen LogP contribution in [0.25, 0.3) is 0 Å². The minimum Gasteiger partial charge on any atom is -0.370 e. The maximum Gasteiger partial charge on any atom is 0.217 e. The standard InChI is InChI=1S/C12H17FN2O/c1-7-5-9(13)6-8(2)12(7)10(14)3-4-11(15)16/h5-6,10H,3-4,14H2,1-2H3,(H2,15,16). The van der Waals surface area contributed by atoms with Crippen molar-refractivity contribution in [3.05, 3.63) is 34.6 Å². The van der Waals surface area contributed by atoms with Crippen LogP contribution in [0.5, 0.6) is 0 Å². The number of hydrogen-bond acceptors (Lipinski definition) is 2. The van der Waals surface area contributed by atoms with Crippen LogP contribution in [0.3, 0.4) is 0 Å². The smallest absolute Gasteiger partial charge is 0.217 e. The maximum atomic E-state index is 13.1. The van der Waals surface area contributed by atoms with Crippen LogP contribution in [0.1, 0.15) is 35.6 Å². The Kier molecular flexibility index (Phi) is 4.01. The topological polar surface area (TPSA) is 69.1 Å². The monoisotopic (exact) mass is 224 g/mol. The van der Waals surface area contributed by atoms with Crippen LogP contribution in [0.4, 0.5) is 4.39 Å². The van der Waals surface area contributed by atoms with E-state index in [2.05, 4.69) is 0 Å². The van der Waals surface area contributed by atoms with E-state index in [0.717, 1.165) is 16.7 Å². The number of amides is 1. The van der Waals surface area contributed by atoms with E-state index in [-0.39, 0.29) is 24.2 Å². The summed E-state index contributed by atoms with van der Waals surface area (Å²) < 4.78 is 13.1. The molecule has 0 fully saturated rings. The molecule has 0 bridgehead atoms. The first-order chi connectivity index (χ1) is 7.41.